The second kappa shape index (κ2) is 8.88. The Labute approximate surface area is 174 Å². The summed E-state index contributed by atoms with van der Waals surface area (Å²) >= 11 is 0. The molecule has 30 heavy (non-hydrogen) atoms. The summed E-state index contributed by atoms with van der Waals surface area (Å²) in [5.41, 5.74) is 2.67. The molecule has 4 heterocycles. The zero-order valence-electron chi connectivity index (χ0n) is 17.0. The number of aromatic nitrogens is 4. The van der Waals surface area contributed by atoms with Crippen molar-refractivity contribution in [2.45, 2.75) is 44.9 Å². The Balaban J connectivity index is 1.22. The van der Waals surface area contributed by atoms with Gasteiger partial charge in [-0.15, -0.1) is 0 Å². The first-order chi connectivity index (χ1) is 14.5. The summed E-state index contributed by atoms with van der Waals surface area (Å²) in [6, 6.07) is 1.77. The number of nitrogens with zero attached hydrogens (tertiary/aromatic N) is 5. The van der Waals surface area contributed by atoms with Crippen LogP contribution in [0.5, 0.6) is 0 Å². The number of hydrogen-bond acceptors (Lipinski definition) is 8. The third kappa shape index (κ3) is 4.82. The summed E-state index contributed by atoms with van der Waals surface area (Å²) in [7, 11) is 0. The molecule has 2 aromatic heterocycles. The Hall–Kier alpha value is -2.85. The quantitative estimate of drug-likeness (QED) is 0.525. The first kappa shape index (κ1) is 20.4. The smallest absolute Gasteiger partial charge is 0.219 e. The average Bonchev–Trinajstić information content (AvgIpc) is 3.16. The number of Topliss-reactive ketones (excluding diaryl/α,β-unsaturated/α-hetero) is 1. The van der Waals surface area contributed by atoms with Gasteiger partial charge in [-0.25, -0.2) is 9.97 Å². The average molecular weight is 413 g/mol. The second-order valence-electron chi connectivity index (χ2n) is 8.03. The van der Waals surface area contributed by atoms with Gasteiger partial charge in [-0.3, -0.25) is 19.6 Å². The van der Waals surface area contributed by atoms with Crippen LogP contribution in [-0.2, 0) is 17.8 Å². The fourth-order valence-corrected chi connectivity index (χ4v) is 3.87. The van der Waals surface area contributed by atoms with Crippen molar-refractivity contribution in [3.63, 3.8) is 0 Å². The highest BCUT2D eigenvalue weighted by atomic mass is 16.3. The van der Waals surface area contributed by atoms with Crippen molar-refractivity contribution in [3.8, 4) is 0 Å². The molecule has 0 unspecified atom stereocenters. The maximum atomic E-state index is 12.5. The molecule has 0 bridgehead atoms. The van der Waals surface area contributed by atoms with Crippen molar-refractivity contribution >= 4 is 17.5 Å². The Morgan fingerprint density at radius 3 is 3.00 bits per heavy atom. The molecule has 1 amide bonds. The number of β-amino-alcohol motifs (C(OH)–C–C–N with tert-alkyl or cyclic N) is 1. The Morgan fingerprint density at radius 2 is 2.20 bits per heavy atom. The van der Waals surface area contributed by atoms with Crippen molar-refractivity contribution in [3.05, 3.63) is 35.5 Å². The van der Waals surface area contributed by atoms with E-state index >= 15 is 0 Å². The molecule has 4 rings (SSSR count). The van der Waals surface area contributed by atoms with E-state index in [1.165, 1.54) is 11.9 Å². The SMILES string of the molecule is CC(=O)N1CC(Nc2cc(C(=O)CC[C@H](O)CN3CCc4cn[nH]c4C3)ncn2)C1. The number of rotatable bonds is 8. The highest BCUT2D eigenvalue weighted by molar-refractivity contribution is 5.94. The topological polar surface area (TPSA) is 127 Å². The summed E-state index contributed by atoms with van der Waals surface area (Å²) in [6.45, 7) is 4.95. The summed E-state index contributed by atoms with van der Waals surface area (Å²) in [6.07, 6.45) is 4.17. The van der Waals surface area contributed by atoms with Crippen LogP contribution >= 0.6 is 0 Å². The summed E-state index contributed by atoms with van der Waals surface area (Å²) < 4.78 is 0. The van der Waals surface area contributed by atoms with E-state index < -0.39 is 6.10 Å². The minimum Gasteiger partial charge on any atom is -0.392 e. The van der Waals surface area contributed by atoms with Crippen LogP contribution in [0, 0.1) is 0 Å². The molecule has 2 aromatic rings. The number of carbonyl (C=O) groups is 2. The van der Waals surface area contributed by atoms with E-state index in [2.05, 4.69) is 30.4 Å². The van der Waals surface area contributed by atoms with Crippen LogP contribution in [0.2, 0.25) is 0 Å². The molecule has 2 aliphatic heterocycles. The molecule has 10 heteroatoms. The third-order valence-electron chi connectivity index (χ3n) is 5.69. The van der Waals surface area contributed by atoms with Crippen LogP contribution in [0.25, 0.3) is 0 Å². The second-order valence-corrected chi connectivity index (χ2v) is 8.03. The largest absolute Gasteiger partial charge is 0.392 e. The molecular formula is C20H27N7O3. The van der Waals surface area contributed by atoms with Gasteiger partial charge >= 0.3 is 0 Å². The van der Waals surface area contributed by atoms with Gasteiger partial charge in [-0.05, 0) is 18.4 Å². The molecule has 1 fully saturated rings. The van der Waals surface area contributed by atoms with E-state index in [1.807, 2.05) is 6.20 Å². The lowest BCUT2D eigenvalue weighted by molar-refractivity contribution is -0.132. The van der Waals surface area contributed by atoms with Crippen molar-refractivity contribution < 1.29 is 14.7 Å². The summed E-state index contributed by atoms with van der Waals surface area (Å²) in [4.78, 5) is 35.9. The van der Waals surface area contributed by atoms with E-state index in [0.717, 1.165) is 25.2 Å². The predicted molar refractivity (Wildman–Crippen MR) is 109 cm³/mol. The first-order valence-corrected chi connectivity index (χ1v) is 10.3. The zero-order valence-corrected chi connectivity index (χ0v) is 17.0. The Kier molecular flexibility index (Phi) is 6.05. The van der Waals surface area contributed by atoms with Gasteiger partial charge in [0, 0.05) is 52.1 Å². The van der Waals surface area contributed by atoms with Gasteiger partial charge in [-0.2, -0.15) is 5.10 Å². The molecule has 160 valence electrons. The lowest BCUT2D eigenvalue weighted by Gasteiger charge is -2.39. The summed E-state index contributed by atoms with van der Waals surface area (Å²) in [5, 5.41) is 20.7. The van der Waals surface area contributed by atoms with Crippen molar-refractivity contribution in [2.75, 3.05) is 31.5 Å². The van der Waals surface area contributed by atoms with E-state index in [9.17, 15) is 14.7 Å². The molecule has 10 nitrogen and oxygen atoms in total. The highest BCUT2D eigenvalue weighted by Gasteiger charge is 2.28. The van der Waals surface area contributed by atoms with Gasteiger partial charge in [0.2, 0.25) is 5.91 Å². The van der Waals surface area contributed by atoms with Gasteiger partial charge in [0.15, 0.2) is 5.78 Å². The number of amides is 1. The number of fused-ring (bicyclic) bond motifs is 1. The number of nitrogens with one attached hydrogen (secondary N) is 2. The molecule has 2 aliphatic rings. The van der Waals surface area contributed by atoms with Crippen LogP contribution in [0.3, 0.4) is 0 Å². The van der Waals surface area contributed by atoms with Crippen LogP contribution in [0.15, 0.2) is 18.6 Å². The Bertz CT molecular complexity index is 909. The van der Waals surface area contributed by atoms with E-state index in [0.29, 0.717) is 37.6 Å². The Morgan fingerprint density at radius 1 is 1.37 bits per heavy atom. The maximum absolute atomic E-state index is 12.5. The number of aromatic amines is 1. The number of aliphatic hydroxyl groups is 1. The number of ketones is 1. The maximum Gasteiger partial charge on any atom is 0.219 e. The molecule has 0 aliphatic carbocycles. The van der Waals surface area contributed by atoms with Crippen LogP contribution in [0.1, 0.15) is 41.5 Å². The molecule has 0 aromatic carbocycles. The fourth-order valence-electron chi connectivity index (χ4n) is 3.87. The molecule has 0 saturated carbocycles. The van der Waals surface area contributed by atoms with Gasteiger partial charge < -0.3 is 15.3 Å². The number of anilines is 1. The van der Waals surface area contributed by atoms with E-state index in [-0.39, 0.29) is 24.2 Å². The highest BCUT2D eigenvalue weighted by Crippen LogP contribution is 2.18. The fraction of sp³-hybridized carbons (Fsp3) is 0.550. The normalized spacial score (nSPS) is 17.9. The minimum absolute atomic E-state index is 0.0553. The van der Waals surface area contributed by atoms with Gasteiger partial charge in [0.05, 0.1) is 24.0 Å². The molecule has 0 radical (unpaired) electrons. The van der Waals surface area contributed by atoms with Gasteiger partial charge in [-0.1, -0.05) is 0 Å². The number of likely N-dealkylation sites (tertiary alicyclic amines) is 1. The predicted octanol–water partition coefficient (Wildman–Crippen LogP) is 0.224. The van der Waals surface area contributed by atoms with Crippen LogP contribution in [0.4, 0.5) is 5.82 Å². The van der Waals surface area contributed by atoms with Gasteiger partial charge in [0.25, 0.3) is 0 Å². The first-order valence-electron chi connectivity index (χ1n) is 10.3. The summed E-state index contributed by atoms with van der Waals surface area (Å²) in [5.74, 6) is 0.512. The van der Waals surface area contributed by atoms with Crippen molar-refractivity contribution in [2.24, 2.45) is 0 Å². The number of carbonyl (C=O) groups excluding carboxylic acids is 2. The number of aliphatic hydroxyl groups excluding tert-OH is 1. The molecule has 1 saturated heterocycles. The van der Waals surface area contributed by atoms with Crippen LogP contribution < -0.4 is 5.32 Å². The van der Waals surface area contributed by atoms with Crippen LogP contribution in [-0.4, -0.2) is 85.1 Å². The molecule has 1 atom stereocenters. The van der Waals surface area contributed by atoms with Gasteiger partial charge in [0.1, 0.15) is 17.8 Å². The zero-order chi connectivity index (χ0) is 21.1. The number of hydrogen-bond donors (Lipinski definition) is 3. The monoisotopic (exact) mass is 413 g/mol. The lowest BCUT2D eigenvalue weighted by atomic mass is 10.1. The van der Waals surface area contributed by atoms with Crippen molar-refractivity contribution in [1.29, 1.82) is 0 Å². The van der Waals surface area contributed by atoms with Crippen molar-refractivity contribution in [1.82, 2.24) is 30.0 Å². The minimum atomic E-state index is -0.578. The standard InChI is InChI=1S/C20H27N7O3/c1-13(28)27-8-15(9-27)24-20-6-17(21-12-22-20)19(30)3-2-16(29)10-26-5-4-14-7-23-25-18(14)11-26/h6-7,12,15-16,29H,2-5,8-11H2,1H3,(H,23,25)(H,21,22,24)/t16-/m0/s1. The van der Waals surface area contributed by atoms with E-state index in [1.54, 1.807) is 17.9 Å². The lowest BCUT2D eigenvalue weighted by Crippen LogP contribution is -2.56. The molecule has 0 spiro atoms. The molecule has 3 N–H and O–H groups in total. The molecular weight excluding hydrogens is 386 g/mol. The number of H-pyrrole nitrogens is 1. The third-order valence-corrected chi connectivity index (χ3v) is 5.69. The van der Waals surface area contributed by atoms with E-state index in [4.69, 9.17) is 0 Å².